The fraction of sp³-hybridized carbons (Fsp3) is 0.474. The zero-order valence-electron chi connectivity index (χ0n) is 14.1. The van der Waals surface area contributed by atoms with Gasteiger partial charge in [0.15, 0.2) is 0 Å². The van der Waals surface area contributed by atoms with Crippen molar-refractivity contribution < 1.29 is 4.74 Å². The van der Waals surface area contributed by atoms with Crippen LogP contribution in [0.25, 0.3) is 11.3 Å². The Morgan fingerprint density at radius 1 is 1.12 bits per heavy atom. The van der Waals surface area contributed by atoms with Crippen molar-refractivity contribution in [1.29, 1.82) is 0 Å². The van der Waals surface area contributed by atoms with Crippen LogP contribution in [0.5, 0.6) is 5.75 Å². The van der Waals surface area contributed by atoms with E-state index in [2.05, 4.69) is 15.2 Å². The molecule has 5 heteroatoms. The first-order valence-corrected chi connectivity index (χ1v) is 8.80. The van der Waals surface area contributed by atoms with Crippen LogP contribution in [0, 0.1) is 0 Å². The summed E-state index contributed by atoms with van der Waals surface area (Å²) < 4.78 is 5.21. The van der Waals surface area contributed by atoms with Gasteiger partial charge in [0, 0.05) is 30.4 Å². The molecule has 2 aromatic rings. The van der Waals surface area contributed by atoms with Gasteiger partial charge in [-0.25, -0.2) is 9.97 Å². The molecule has 0 spiro atoms. The highest BCUT2D eigenvalue weighted by Crippen LogP contribution is 2.28. The summed E-state index contributed by atoms with van der Waals surface area (Å²) in [5.74, 6) is 1.59. The van der Waals surface area contributed by atoms with Gasteiger partial charge in [-0.3, -0.25) is 0 Å². The van der Waals surface area contributed by atoms with Crippen LogP contribution in [0.1, 0.15) is 25.7 Å². The monoisotopic (exact) mass is 324 g/mol. The maximum Gasteiger partial charge on any atom is 0.223 e. The summed E-state index contributed by atoms with van der Waals surface area (Å²) in [6.45, 7) is 2.47. The summed E-state index contributed by atoms with van der Waals surface area (Å²) >= 11 is 0. The number of benzene rings is 1. The van der Waals surface area contributed by atoms with Crippen molar-refractivity contribution in [2.45, 2.75) is 37.8 Å². The van der Waals surface area contributed by atoms with Crippen LogP contribution < -0.4 is 10.1 Å². The number of anilines is 1. The molecule has 3 heterocycles. The van der Waals surface area contributed by atoms with Crippen molar-refractivity contribution in [2.24, 2.45) is 0 Å². The van der Waals surface area contributed by atoms with Crippen LogP contribution in [0.15, 0.2) is 36.5 Å². The highest BCUT2D eigenvalue weighted by molar-refractivity contribution is 5.61. The lowest BCUT2D eigenvalue weighted by Gasteiger charge is -2.35. The zero-order chi connectivity index (χ0) is 16.4. The number of ether oxygens (including phenoxy) is 1. The van der Waals surface area contributed by atoms with E-state index in [4.69, 9.17) is 9.72 Å². The standard InChI is InChI=1S/C19H24N4O/c1-24-17-6-4-14(5-7-17)18-8-10-20-19(22-18)21-15-9-12-23-11-2-3-16(23)13-15/h4-8,10,15-16H,2-3,9,11-13H2,1H3,(H,20,21,22). The first-order valence-electron chi connectivity index (χ1n) is 8.80. The smallest absolute Gasteiger partial charge is 0.223 e. The van der Waals surface area contributed by atoms with E-state index in [1.807, 2.05) is 36.5 Å². The molecule has 24 heavy (non-hydrogen) atoms. The Kier molecular flexibility index (Phi) is 4.34. The van der Waals surface area contributed by atoms with E-state index in [9.17, 15) is 0 Å². The molecule has 2 atom stereocenters. The molecule has 0 saturated carbocycles. The number of rotatable bonds is 4. The van der Waals surface area contributed by atoms with Crippen molar-refractivity contribution in [2.75, 3.05) is 25.5 Å². The number of fused-ring (bicyclic) bond motifs is 1. The Hall–Kier alpha value is -2.14. The minimum Gasteiger partial charge on any atom is -0.497 e. The summed E-state index contributed by atoms with van der Waals surface area (Å²) in [7, 11) is 1.68. The number of aromatic nitrogens is 2. The number of piperidine rings is 1. The van der Waals surface area contributed by atoms with Gasteiger partial charge in [-0.1, -0.05) is 0 Å². The molecule has 2 fully saturated rings. The van der Waals surface area contributed by atoms with Crippen molar-refractivity contribution in [1.82, 2.24) is 14.9 Å². The zero-order valence-corrected chi connectivity index (χ0v) is 14.1. The molecule has 2 saturated heterocycles. The van der Waals surface area contributed by atoms with E-state index < -0.39 is 0 Å². The van der Waals surface area contributed by atoms with E-state index in [1.54, 1.807) is 7.11 Å². The van der Waals surface area contributed by atoms with Crippen molar-refractivity contribution in [3.05, 3.63) is 36.5 Å². The molecule has 2 aliphatic rings. The predicted molar refractivity (Wildman–Crippen MR) is 95.3 cm³/mol. The highest BCUT2D eigenvalue weighted by Gasteiger charge is 2.31. The summed E-state index contributed by atoms with van der Waals surface area (Å²) in [6.07, 6.45) is 6.90. The number of methoxy groups -OCH3 is 1. The quantitative estimate of drug-likeness (QED) is 0.936. The molecule has 2 aliphatic heterocycles. The van der Waals surface area contributed by atoms with E-state index in [-0.39, 0.29) is 0 Å². The lowest BCUT2D eigenvalue weighted by Crippen LogP contribution is -2.43. The predicted octanol–water partition coefficient (Wildman–Crippen LogP) is 3.19. The number of nitrogens with zero attached hydrogens (tertiary/aromatic N) is 3. The van der Waals surface area contributed by atoms with Crippen molar-refractivity contribution in [3.8, 4) is 17.0 Å². The summed E-state index contributed by atoms with van der Waals surface area (Å²) in [6, 6.07) is 11.2. The molecule has 0 radical (unpaired) electrons. The molecule has 0 amide bonds. The van der Waals surface area contributed by atoms with Gasteiger partial charge in [0.05, 0.1) is 12.8 Å². The van der Waals surface area contributed by atoms with Gasteiger partial charge in [0.1, 0.15) is 5.75 Å². The summed E-state index contributed by atoms with van der Waals surface area (Å²) in [5.41, 5.74) is 2.01. The second-order valence-corrected chi connectivity index (χ2v) is 6.69. The van der Waals surface area contributed by atoms with Crippen molar-refractivity contribution >= 4 is 5.95 Å². The van der Waals surface area contributed by atoms with Gasteiger partial charge in [0.2, 0.25) is 5.95 Å². The van der Waals surface area contributed by atoms with Gasteiger partial charge >= 0.3 is 0 Å². The molecule has 0 aliphatic carbocycles. The molecule has 2 unspecified atom stereocenters. The Labute approximate surface area is 143 Å². The van der Waals surface area contributed by atoms with Crippen LogP contribution in [-0.4, -0.2) is 47.2 Å². The Morgan fingerprint density at radius 2 is 2.00 bits per heavy atom. The maximum absolute atomic E-state index is 5.21. The average Bonchev–Trinajstić information content (AvgIpc) is 3.10. The second kappa shape index (κ2) is 6.77. The third-order valence-electron chi connectivity index (χ3n) is 5.20. The second-order valence-electron chi connectivity index (χ2n) is 6.69. The fourth-order valence-electron chi connectivity index (χ4n) is 3.89. The normalized spacial score (nSPS) is 23.7. The molecule has 1 N–H and O–H groups in total. The van der Waals surface area contributed by atoms with Gasteiger partial charge in [-0.15, -0.1) is 0 Å². The van der Waals surface area contributed by atoms with Crippen LogP contribution in [0.2, 0.25) is 0 Å². The van der Waals surface area contributed by atoms with Gasteiger partial charge in [-0.05, 0) is 62.6 Å². The van der Waals surface area contributed by atoms with Crippen LogP contribution in [0.4, 0.5) is 5.95 Å². The summed E-state index contributed by atoms with van der Waals surface area (Å²) in [5, 5.41) is 3.55. The Morgan fingerprint density at radius 3 is 2.83 bits per heavy atom. The molecule has 1 aromatic heterocycles. The number of hydrogen-bond donors (Lipinski definition) is 1. The largest absolute Gasteiger partial charge is 0.497 e. The maximum atomic E-state index is 5.21. The topological polar surface area (TPSA) is 50.3 Å². The SMILES string of the molecule is COc1ccc(-c2ccnc(NC3CCN4CCCC4C3)n2)cc1. The molecule has 4 rings (SSSR count). The van der Waals surface area contributed by atoms with E-state index >= 15 is 0 Å². The third-order valence-corrected chi connectivity index (χ3v) is 5.20. The lowest BCUT2D eigenvalue weighted by molar-refractivity contribution is 0.188. The highest BCUT2D eigenvalue weighted by atomic mass is 16.5. The van der Waals surface area contributed by atoms with Crippen molar-refractivity contribution in [3.63, 3.8) is 0 Å². The van der Waals surface area contributed by atoms with Crippen LogP contribution in [0.3, 0.4) is 0 Å². The molecule has 126 valence electrons. The van der Waals surface area contributed by atoms with E-state index in [1.165, 1.54) is 38.8 Å². The molecular weight excluding hydrogens is 300 g/mol. The first-order chi connectivity index (χ1) is 11.8. The number of hydrogen-bond acceptors (Lipinski definition) is 5. The molecule has 0 bridgehead atoms. The minimum atomic E-state index is 0.482. The minimum absolute atomic E-state index is 0.482. The molecule has 5 nitrogen and oxygen atoms in total. The van der Waals surface area contributed by atoms with Crippen LogP contribution >= 0.6 is 0 Å². The van der Waals surface area contributed by atoms with Gasteiger partial charge in [-0.2, -0.15) is 0 Å². The van der Waals surface area contributed by atoms with E-state index in [0.29, 0.717) is 6.04 Å². The Bertz CT molecular complexity index is 688. The summed E-state index contributed by atoms with van der Waals surface area (Å²) in [4.78, 5) is 11.8. The molecule has 1 aromatic carbocycles. The third kappa shape index (κ3) is 3.22. The number of nitrogens with one attached hydrogen (secondary N) is 1. The lowest BCUT2D eigenvalue weighted by atomic mass is 9.98. The average molecular weight is 324 g/mol. The fourth-order valence-corrected chi connectivity index (χ4v) is 3.89. The van der Waals surface area contributed by atoms with Gasteiger partial charge in [0.25, 0.3) is 0 Å². The Balaban J connectivity index is 1.46. The van der Waals surface area contributed by atoms with Crippen LogP contribution in [-0.2, 0) is 0 Å². The molecular formula is C19H24N4O. The van der Waals surface area contributed by atoms with E-state index in [0.717, 1.165) is 29.0 Å². The first kappa shape index (κ1) is 15.4. The van der Waals surface area contributed by atoms with Gasteiger partial charge < -0.3 is 15.0 Å².